The molecule has 2 heteroatoms. The van der Waals surface area contributed by atoms with Crippen LogP contribution in [0, 0.1) is 0 Å². The predicted molar refractivity (Wildman–Crippen MR) is 334 cm³/mol. The maximum Gasteiger partial charge on any atom is 0.0775 e. The molecule has 0 amide bonds. The summed E-state index contributed by atoms with van der Waals surface area (Å²) in [6, 6.07) is 79.4. The van der Waals surface area contributed by atoms with Gasteiger partial charge in [0.1, 0.15) is 0 Å². The number of hydrogen-bond donors (Lipinski definition) is 0. The van der Waals surface area contributed by atoms with E-state index in [2.05, 4.69) is 271 Å². The van der Waals surface area contributed by atoms with E-state index in [0.717, 1.165) is 44.2 Å². The Labute approximate surface area is 458 Å². The molecule has 0 spiro atoms. The van der Waals surface area contributed by atoms with Gasteiger partial charge < -0.3 is 4.90 Å². The number of fused-ring (bicyclic) bond motifs is 12. The molecule has 0 atom stereocenters. The van der Waals surface area contributed by atoms with E-state index in [1.54, 1.807) is 0 Å². The molecule has 3 aliphatic rings. The number of nitrogens with zero attached hydrogens (tertiary/aromatic N) is 1. The lowest BCUT2D eigenvalue weighted by molar-refractivity contribution is 0.490. The van der Waals surface area contributed by atoms with Gasteiger partial charge in [0.25, 0.3) is 0 Å². The van der Waals surface area contributed by atoms with Crippen molar-refractivity contribution in [3.05, 3.63) is 262 Å². The first-order valence-electron chi connectivity index (χ1n) is 28.5. The summed E-state index contributed by atoms with van der Waals surface area (Å²) in [7, 11) is -1.37. The van der Waals surface area contributed by atoms with Crippen LogP contribution in [0.5, 0.6) is 0 Å². The van der Waals surface area contributed by atoms with E-state index in [1.807, 2.05) is 0 Å². The number of hydrogen-bond acceptors (Lipinski definition) is 1. The molecule has 10 aromatic rings. The lowest BCUT2D eigenvalue weighted by Gasteiger charge is -2.33. The number of anilines is 3. The van der Waals surface area contributed by atoms with Gasteiger partial charge in [-0.05, 0) is 180 Å². The molecule has 0 aromatic heterocycles. The highest BCUT2D eigenvalue weighted by atomic mass is 28.3. The molecule has 0 aliphatic heterocycles. The summed E-state index contributed by atoms with van der Waals surface area (Å²) in [6.45, 7) is 16.8. The fourth-order valence-electron chi connectivity index (χ4n) is 14.2. The fourth-order valence-corrected chi connectivity index (χ4v) is 15.4. The summed E-state index contributed by atoms with van der Waals surface area (Å²) in [5.41, 5.74) is 28.1. The smallest absolute Gasteiger partial charge is 0.0775 e. The Morgan fingerprint density at radius 2 is 0.870 bits per heavy atom. The van der Waals surface area contributed by atoms with Gasteiger partial charge in [-0.1, -0.05) is 235 Å². The average molecular weight is 1010 g/mol. The van der Waals surface area contributed by atoms with Crippen molar-refractivity contribution in [1.82, 2.24) is 0 Å². The molecule has 0 fully saturated rings. The predicted octanol–water partition coefficient (Wildman–Crippen LogP) is 20.0. The van der Waals surface area contributed by atoms with E-state index in [9.17, 15) is 0 Å². The molecule has 0 radical (unpaired) electrons. The summed E-state index contributed by atoms with van der Waals surface area (Å²) in [5, 5.41) is 4.06. The van der Waals surface area contributed by atoms with Crippen LogP contribution in [0.3, 0.4) is 0 Å². The molecule has 378 valence electrons. The number of benzene rings is 10. The van der Waals surface area contributed by atoms with Crippen molar-refractivity contribution in [3.63, 3.8) is 0 Å². The zero-order valence-corrected chi connectivity index (χ0v) is 47.0. The quantitative estimate of drug-likeness (QED) is 0.0922. The Kier molecular flexibility index (Phi) is 12.1. The molecule has 3 aliphatic carbocycles. The van der Waals surface area contributed by atoms with Gasteiger partial charge >= 0.3 is 0 Å². The van der Waals surface area contributed by atoms with Gasteiger partial charge in [-0.3, -0.25) is 0 Å². The first kappa shape index (κ1) is 48.8. The van der Waals surface area contributed by atoms with E-state index < -0.39 is 8.07 Å². The van der Waals surface area contributed by atoms with Gasteiger partial charge in [0.2, 0.25) is 0 Å². The van der Waals surface area contributed by atoms with E-state index >= 15 is 0 Å². The van der Waals surface area contributed by atoms with E-state index in [-0.39, 0.29) is 10.8 Å². The molecule has 0 bridgehead atoms. The van der Waals surface area contributed by atoms with Crippen molar-refractivity contribution in [2.24, 2.45) is 0 Å². The standard InChI is InChI=1S/C75H69NSi/c1-8-74(9-2)68-43-50(31-39-62(68)64-41-35-55(47-70(64)74)52-33-37-60(38-34-52)77(5,6)7)29-30-51-32-40-63-65-42-36-59(49-71(65)75(10-3,11-4)69(63)44-51)76(58-24-13-12-14-25-58)72-48-57-46-54-22-16-15-21-53(54)45-56-23-17-18-26-61(56)73(57)67-28-20-19-27-66(67)72/h12-44,47-49H,8-11,45-46H2,1-7H3/b30-29+. The van der Waals surface area contributed by atoms with Crippen LogP contribution in [0.25, 0.3) is 67.4 Å². The molecule has 0 saturated carbocycles. The normalized spacial score (nSPS) is 14.4. The average Bonchev–Trinajstić information content (AvgIpc) is 3.98. The van der Waals surface area contributed by atoms with Crippen LogP contribution < -0.4 is 10.1 Å². The Morgan fingerprint density at radius 3 is 1.47 bits per heavy atom. The first-order chi connectivity index (χ1) is 37.5. The van der Waals surface area contributed by atoms with Crippen molar-refractivity contribution >= 4 is 53.2 Å². The highest BCUT2D eigenvalue weighted by molar-refractivity contribution is 6.88. The minimum absolute atomic E-state index is 0.0246. The van der Waals surface area contributed by atoms with Crippen LogP contribution in [0.15, 0.2) is 206 Å². The van der Waals surface area contributed by atoms with E-state index in [0.29, 0.717) is 0 Å². The fraction of sp³-hybridized carbons (Fsp3) is 0.200. The summed E-state index contributed by atoms with van der Waals surface area (Å²) in [5.74, 6) is 0. The molecule has 0 unspecified atom stereocenters. The summed E-state index contributed by atoms with van der Waals surface area (Å²) >= 11 is 0. The molecule has 0 N–H and O–H groups in total. The summed E-state index contributed by atoms with van der Waals surface area (Å²) in [6.07, 6.45) is 10.7. The molecule has 0 saturated heterocycles. The summed E-state index contributed by atoms with van der Waals surface area (Å²) in [4.78, 5) is 2.54. The molecule has 1 nitrogen and oxygen atoms in total. The summed E-state index contributed by atoms with van der Waals surface area (Å²) < 4.78 is 0. The van der Waals surface area contributed by atoms with Gasteiger partial charge in [0.15, 0.2) is 0 Å². The Bertz CT molecular complexity index is 3950. The van der Waals surface area contributed by atoms with Crippen molar-refractivity contribution < 1.29 is 0 Å². The van der Waals surface area contributed by atoms with Crippen molar-refractivity contribution in [2.75, 3.05) is 4.90 Å². The van der Waals surface area contributed by atoms with Gasteiger partial charge in [-0.25, -0.2) is 0 Å². The Morgan fingerprint density at radius 1 is 0.390 bits per heavy atom. The van der Waals surface area contributed by atoms with Crippen LogP contribution in [-0.4, -0.2) is 8.07 Å². The highest BCUT2D eigenvalue weighted by Crippen LogP contribution is 2.57. The third-order valence-electron chi connectivity index (χ3n) is 18.5. The molecular weight excluding hydrogens is 943 g/mol. The lowest BCUT2D eigenvalue weighted by atomic mass is 9.73. The third kappa shape index (κ3) is 7.93. The molecule has 77 heavy (non-hydrogen) atoms. The maximum absolute atomic E-state index is 2.55. The number of para-hydroxylation sites is 1. The van der Waals surface area contributed by atoms with Crippen molar-refractivity contribution in [1.29, 1.82) is 0 Å². The van der Waals surface area contributed by atoms with Crippen LogP contribution in [-0.2, 0) is 23.7 Å². The second kappa shape index (κ2) is 19.0. The van der Waals surface area contributed by atoms with E-state index in [4.69, 9.17) is 0 Å². The van der Waals surface area contributed by atoms with Gasteiger partial charge in [0.05, 0.1) is 13.8 Å². The maximum atomic E-state index is 2.55. The molecule has 0 heterocycles. The Balaban J connectivity index is 0.867. The van der Waals surface area contributed by atoms with Gasteiger partial charge in [0, 0.05) is 27.6 Å². The monoisotopic (exact) mass is 1010 g/mol. The van der Waals surface area contributed by atoms with Crippen LogP contribution in [0.1, 0.15) is 109 Å². The van der Waals surface area contributed by atoms with Gasteiger partial charge in [-0.2, -0.15) is 0 Å². The zero-order valence-electron chi connectivity index (χ0n) is 46.0. The SMILES string of the molecule is CCC1(CC)c2cc(/C=C/c3ccc4c(c3)C(CC)(CC)c3cc(N(c5ccccc5)c5cc6c(c7ccccc57)-c5ccccc5Cc5ccccc5C6)ccc3-4)ccc2-c2ccc(-c3ccc([Si](C)(C)C)cc3)cc21. The minimum atomic E-state index is -1.37. The largest absolute Gasteiger partial charge is 0.310 e. The molecular formula is C75H69NSi. The highest BCUT2D eigenvalue weighted by Gasteiger charge is 2.42. The van der Waals surface area contributed by atoms with E-state index in [1.165, 1.54) is 127 Å². The number of rotatable bonds is 11. The zero-order chi connectivity index (χ0) is 52.6. The second-order valence-electron chi connectivity index (χ2n) is 23.3. The molecule has 13 rings (SSSR count). The lowest BCUT2D eigenvalue weighted by Crippen LogP contribution is -2.37. The molecule has 10 aromatic carbocycles. The van der Waals surface area contributed by atoms with Crippen LogP contribution in [0.2, 0.25) is 19.6 Å². The third-order valence-corrected chi connectivity index (χ3v) is 20.6. The first-order valence-corrected chi connectivity index (χ1v) is 32.0. The second-order valence-corrected chi connectivity index (χ2v) is 28.3. The minimum Gasteiger partial charge on any atom is -0.310 e. The van der Waals surface area contributed by atoms with Crippen molar-refractivity contribution in [2.45, 2.75) is 96.7 Å². The Hall–Kier alpha value is -7.78. The van der Waals surface area contributed by atoms with Crippen LogP contribution >= 0.6 is 0 Å². The van der Waals surface area contributed by atoms with Gasteiger partial charge in [-0.15, -0.1) is 0 Å². The van der Waals surface area contributed by atoms with Crippen molar-refractivity contribution in [3.8, 4) is 44.5 Å². The van der Waals surface area contributed by atoms with Crippen LogP contribution in [0.4, 0.5) is 17.1 Å². The topological polar surface area (TPSA) is 3.24 Å².